The average molecular weight is 849 g/mol. The molecule has 9 heteroatoms. The number of aryl methyl sites for hydroxylation is 4. The molecule has 0 bridgehead atoms. The summed E-state index contributed by atoms with van der Waals surface area (Å²) in [6.45, 7) is 17.7. The van der Waals surface area contributed by atoms with Crippen molar-refractivity contribution in [1.29, 1.82) is 0 Å². The van der Waals surface area contributed by atoms with Gasteiger partial charge in [-0.3, -0.25) is 6.08 Å². The van der Waals surface area contributed by atoms with Crippen molar-refractivity contribution < 1.29 is 75.4 Å². The van der Waals surface area contributed by atoms with Crippen LogP contribution in [0.5, 0.6) is 0 Å². The average Bonchev–Trinajstić information content (AvgIpc) is 3.66. The van der Waals surface area contributed by atoms with E-state index in [1.54, 1.807) is 0 Å². The summed E-state index contributed by atoms with van der Waals surface area (Å²) in [7, 11) is 0. The first-order chi connectivity index (χ1) is 23.7. The molecule has 0 radical (unpaired) electrons. The quantitative estimate of drug-likeness (QED) is 0.130. The smallest absolute Gasteiger partial charge is 1.00 e. The minimum atomic E-state index is -4.41. The summed E-state index contributed by atoms with van der Waals surface area (Å²) in [5.74, 6) is 0.587. The second kappa shape index (κ2) is 18.7. The molecule has 0 heterocycles. The largest absolute Gasteiger partial charge is 1.00 e. The fourth-order valence-electron chi connectivity index (χ4n) is 5.82. The van der Waals surface area contributed by atoms with Gasteiger partial charge in [0.1, 0.15) is 0 Å². The van der Waals surface area contributed by atoms with Crippen molar-refractivity contribution in [3.05, 3.63) is 147 Å². The van der Waals surface area contributed by atoms with Gasteiger partial charge in [-0.15, -0.1) is 39.7 Å². The van der Waals surface area contributed by atoms with Gasteiger partial charge >= 0.3 is 137 Å². The van der Waals surface area contributed by atoms with Crippen LogP contribution < -0.4 is 24.8 Å². The van der Waals surface area contributed by atoms with E-state index in [1.165, 1.54) is 86.5 Å². The molecule has 1 aliphatic rings. The molecule has 1 aliphatic carbocycles. The van der Waals surface area contributed by atoms with Gasteiger partial charge in [-0.2, -0.15) is 11.6 Å². The predicted octanol–water partition coefficient (Wildman–Crippen LogP) is 7.54. The molecule has 6 rings (SSSR count). The number of fused-ring (bicyclic) bond motifs is 3. The van der Waals surface area contributed by atoms with E-state index in [0.29, 0.717) is 25.7 Å². The molecule has 0 N–H and O–H groups in total. The van der Waals surface area contributed by atoms with Crippen LogP contribution in [0.2, 0.25) is 0 Å². The molecule has 0 amide bonds. The number of hydrogen-bond acceptors (Lipinski definition) is 0. The van der Waals surface area contributed by atoms with Crippen LogP contribution in [0.3, 0.4) is 0 Å². The predicted molar refractivity (Wildman–Crippen MR) is 196 cm³/mol. The molecular weight excluding hydrogens is 805 g/mol. The minimum absolute atomic E-state index is 0. The third kappa shape index (κ3) is 12.1. The van der Waals surface area contributed by atoms with Gasteiger partial charge < -0.3 is 24.8 Å². The van der Waals surface area contributed by atoms with E-state index < -0.39 is 23.5 Å². The van der Waals surface area contributed by atoms with Crippen molar-refractivity contribution in [3.63, 3.8) is 0 Å². The Balaban J connectivity index is 0.000000281. The molecule has 5 aromatic rings. The van der Waals surface area contributed by atoms with Crippen molar-refractivity contribution in [2.24, 2.45) is 11.3 Å². The molecule has 0 aromatic heterocycles. The summed E-state index contributed by atoms with van der Waals surface area (Å²) < 4.78 is 75.6. The van der Waals surface area contributed by atoms with Gasteiger partial charge in [-0.1, -0.05) is 86.3 Å². The normalized spacial score (nSPS) is 14.0. The molecule has 53 heavy (non-hydrogen) atoms. The van der Waals surface area contributed by atoms with E-state index in [-0.39, 0.29) is 24.8 Å². The van der Waals surface area contributed by atoms with E-state index in [9.17, 15) is 26.3 Å². The monoisotopic (exact) mass is 846 g/mol. The van der Waals surface area contributed by atoms with Gasteiger partial charge in [-0.05, 0) is 27.7 Å². The van der Waals surface area contributed by atoms with Crippen LogP contribution in [0.4, 0.5) is 26.3 Å². The van der Waals surface area contributed by atoms with Crippen molar-refractivity contribution >= 4 is 24.8 Å². The maximum atomic E-state index is 12.5. The molecule has 1 atom stereocenters. The molecule has 0 aliphatic heterocycles. The van der Waals surface area contributed by atoms with Crippen molar-refractivity contribution in [2.75, 3.05) is 0 Å². The molecular formula is C44H44Cl2F6Zr-2. The van der Waals surface area contributed by atoms with E-state index in [2.05, 4.69) is 104 Å². The Morgan fingerprint density at radius 2 is 1.04 bits per heavy atom. The fourth-order valence-corrected chi connectivity index (χ4v) is 6.64. The Hall–Kier alpha value is -2.86. The SMILES string of the molecule is CCCC1[C-]=CC(C(C)(C)C)=C1.Cc1cc2[cH-]c3cc(C)c(C)cc3c2cc1C.FC(F)(F)c1ccc([C](=[Zr+2])c2ccc(C(F)(F)F)cc2)cc1.[Cl-].[Cl-]. The van der Waals surface area contributed by atoms with Crippen LogP contribution in [0.25, 0.3) is 21.5 Å². The number of allylic oxidation sites excluding steroid dienone is 4. The second-order valence-electron chi connectivity index (χ2n) is 14.3. The van der Waals surface area contributed by atoms with Gasteiger partial charge in [0, 0.05) is 0 Å². The number of hydrogen-bond donors (Lipinski definition) is 0. The summed E-state index contributed by atoms with van der Waals surface area (Å²) in [5, 5.41) is 5.53. The van der Waals surface area contributed by atoms with Crippen LogP contribution >= 0.6 is 0 Å². The van der Waals surface area contributed by atoms with E-state index in [4.69, 9.17) is 0 Å². The first-order valence-electron chi connectivity index (χ1n) is 17.0. The summed E-state index contributed by atoms with van der Waals surface area (Å²) in [6.07, 6.45) is 1.61. The number of halogens is 8. The maximum Gasteiger partial charge on any atom is -1.00 e. The Bertz CT molecular complexity index is 1940. The molecule has 1 unspecified atom stereocenters. The third-order valence-electron chi connectivity index (χ3n) is 9.23. The summed E-state index contributed by atoms with van der Waals surface area (Å²) in [4.78, 5) is 0. The minimum Gasteiger partial charge on any atom is -1.00 e. The van der Waals surface area contributed by atoms with Crippen molar-refractivity contribution in [3.8, 4) is 0 Å². The molecule has 5 aromatic carbocycles. The molecule has 0 saturated carbocycles. The zero-order chi connectivity index (χ0) is 37.9. The number of benzene rings is 4. The zero-order valence-electron chi connectivity index (χ0n) is 31.2. The molecule has 0 saturated heterocycles. The second-order valence-corrected chi connectivity index (χ2v) is 15.5. The van der Waals surface area contributed by atoms with Crippen LogP contribution in [0, 0.1) is 45.1 Å². The van der Waals surface area contributed by atoms with Gasteiger partial charge in [0.15, 0.2) is 0 Å². The number of rotatable bonds is 4. The van der Waals surface area contributed by atoms with Gasteiger partial charge in [0.2, 0.25) is 0 Å². The summed E-state index contributed by atoms with van der Waals surface area (Å²) in [6, 6.07) is 20.7. The first-order valence-corrected chi connectivity index (χ1v) is 18.2. The van der Waals surface area contributed by atoms with Gasteiger partial charge in [-0.25, -0.2) is 6.08 Å². The van der Waals surface area contributed by atoms with Crippen molar-refractivity contribution in [1.82, 2.24) is 0 Å². The van der Waals surface area contributed by atoms with Crippen LogP contribution in [0.1, 0.15) is 85.0 Å². The maximum absolute atomic E-state index is 12.5. The van der Waals surface area contributed by atoms with Crippen LogP contribution in [-0.4, -0.2) is 3.21 Å². The summed E-state index contributed by atoms with van der Waals surface area (Å²) >= 11 is 0.898. The Labute approximate surface area is 337 Å². The van der Waals surface area contributed by atoms with Crippen LogP contribution in [0.15, 0.2) is 96.6 Å². The van der Waals surface area contributed by atoms with E-state index >= 15 is 0 Å². The topological polar surface area (TPSA) is 0 Å². The third-order valence-corrected chi connectivity index (χ3v) is 10.7. The van der Waals surface area contributed by atoms with Gasteiger partial charge in [0.25, 0.3) is 0 Å². The van der Waals surface area contributed by atoms with E-state index in [1.807, 2.05) is 0 Å². The Morgan fingerprint density at radius 3 is 1.36 bits per heavy atom. The molecule has 0 spiro atoms. The standard InChI is InChI=1S/C17H17.C15H8F6.C12H19.2ClH.Zr/c1-10-5-14-9-15-6-11(2)13(4)8-17(15)16(14)7-12(10)3;16-14(17,18)12-5-1-10(2-6-12)9-11-3-7-13(8-4-11)15(19,20)21;1-5-6-10-7-8-11(9-10)12(2,3)4;;;/h5-9H,1-4H3;1-8H;8-10H,5-6H2,1-4H3;2*1H;/q-1;;-1;;;+2/p-2. The molecule has 0 fully saturated rings. The Morgan fingerprint density at radius 1 is 0.660 bits per heavy atom. The van der Waals surface area contributed by atoms with Crippen molar-refractivity contribution in [2.45, 2.75) is 80.6 Å². The van der Waals surface area contributed by atoms with Gasteiger partial charge in [0.05, 0.1) is 0 Å². The molecule has 282 valence electrons. The molecule has 0 nitrogen and oxygen atoms in total. The summed E-state index contributed by atoms with van der Waals surface area (Å²) in [5.41, 5.74) is 6.86. The number of alkyl halides is 6. The Kier molecular flexibility index (Phi) is 16.3. The zero-order valence-corrected chi connectivity index (χ0v) is 35.1. The van der Waals surface area contributed by atoms with Crippen LogP contribution in [-0.2, 0) is 36.6 Å². The first kappa shape index (κ1) is 46.3. The fraction of sp³-hybridized carbons (Fsp3) is 0.318. The van der Waals surface area contributed by atoms with E-state index in [0.717, 1.165) is 48.5 Å².